The van der Waals surface area contributed by atoms with E-state index in [1.165, 1.54) is 37.3 Å². The predicted molar refractivity (Wildman–Crippen MR) is 77.7 cm³/mol. The van der Waals surface area contributed by atoms with Crippen LogP contribution in [0.5, 0.6) is 0 Å². The van der Waals surface area contributed by atoms with Crippen LogP contribution in [-0.4, -0.2) is 10.7 Å². The monoisotopic (exact) mass is 309 g/mol. The molecule has 0 amide bonds. The Balaban J connectivity index is 2.54. The molecule has 102 valence electrons. The van der Waals surface area contributed by atoms with Gasteiger partial charge in [0.15, 0.2) is 5.78 Å². The second-order valence-electron chi connectivity index (χ2n) is 4.19. The van der Waals surface area contributed by atoms with Crippen LogP contribution in [0.1, 0.15) is 21.5 Å². The van der Waals surface area contributed by atoms with Crippen molar-refractivity contribution in [1.82, 2.24) is 0 Å². The highest BCUT2D eigenvalue weighted by molar-refractivity contribution is 6.35. The lowest BCUT2D eigenvalue weighted by Gasteiger charge is -2.06. The summed E-state index contributed by atoms with van der Waals surface area (Å²) in [5, 5.41) is 11.6. The van der Waals surface area contributed by atoms with Crippen molar-refractivity contribution in [3.63, 3.8) is 0 Å². The van der Waals surface area contributed by atoms with Crippen LogP contribution in [0.4, 0.5) is 5.69 Å². The first kappa shape index (κ1) is 14.5. The summed E-state index contributed by atoms with van der Waals surface area (Å²) in [6, 6.07) is 8.85. The highest BCUT2D eigenvalue weighted by Gasteiger charge is 2.19. The third kappa shape index (κ3) is 2.81. The number of hydrogen-bond acceptors (Lipinski definition) is 3. The lowest BCUT2D eigenvalue weighted by molar-refractivity contribution is -0.385. The first-order valence-electron chi connectivity index (χ1n) is 5.65. The Kier molecular flexibility index (Phi) is 4.06. The summed E-state index contributed by atoms with van der Waals surface area (Å²) in [5.41, 5.74) is 0.784. The van der Waals surface area contributed by atoms with E-state index in [0.717, 1.165) is 0 Å². The number of nitro benzene ring substituents is 1. The van der Waals surface area contributed by atoms with Crippen LogP contribution in [0, 0.1) is 17.0 Å². The molecule has 2 aromatic carbocycles. The van der Waals surface area contributed by atoms with Gasteiger partial charge in [-0.3, -0.25) is 14.9 Å². The van der Waals surface area contributed by atoms with Crippen molar-refractivity contribution in [3.8, 4) is 0 Å². The standard InChI is InChI=1S/C14H9Cl2NO3/c1-8-12(3-2-4-13(8)17(19)20)14(18)9-5-10(15)7-11(16)6-9/h2-7H,1H3. The summed E-state index contributed by atoms with van der Waals surface area (Å²) in [6.45, 7) is 1.54. The third-order valence-corrected chi connectivity index (χ3v) is 3.31. The Hall–Kier alpha value is -1.91. The van der Waals surface area contributed by atoms with E-state index in [2.05, 4.69) is 0 Å². The van der Waals surface area contributed by atoms with Crippen LogP contribution in [0.25, 0.3) is 0 Å². The number of carbonyl (C=O) groups is 1. The minimum atomic E-state index is -0.517. The van der Waals surface area contributed by atoms with Crippen LogP contribution in [-0.2, 0) is 0 Å². The summed E-state index contributed by atoms with van der Waals surface area (Å²) in [5.74, 6) is -0.351. The van der Waals surface area contributed by atoms with Gasteiger partial charge in [-0.2, -0.15) is 0 Å². The molecule has 2 rings (SSSR count). The van der Waals surface area contributed by atoms with Crippen LogP contribution >= 0.6 is 23.2 Å². The fourth-order valence-corrected chi connectivity index (χ4v) is 2.43. The molecule has 0 aromatic heterocycles. The molecule has 0 unspecified atom stereocenters. The minimum Gasteiger partial charge on any atom is -0.289 e. The van der Waals surface area contributed by atoms with Gasteiger partial charge in [0.1, 0.15) is 0 Å². The average Bonchev–Trinajstić information content (AvgIpc) is 2.36. The quantitative estimate of drug-likeness (QED) is 0.478. The Labute approximate surface area is 125 Å². The summed E-state index contributed by atoms with van der Waals surface area (Å²) in [6.07, 6.45) is 0. The zero-order chi connectivity index (χ0) is 14.9. The average molecular weight is 310 g/mol. The normalized spacial score (nSPS) is 10.3. The van der Waals surface area contributed by atoms with Gasteiger partial charge in [-0.25, -0.2) is 0 Å². The molecule has 0 saturated heterocycles. The first-order valence-corrected chi connectivity index (χ1v) is 6.40. The zero-order valence-electron chi connectivity index (χ0n) is 10.4. The molecule has 0 atom stereocenters. The van der Waals surface area contributed by atoms with E-state index in [-0.39, 0.29) is 17.0 Å². The summed E-state index contributed by atoms with van der Waals surface area (Å²) in [4.78, 5) is 22.8. The molecule has 0 aliphatic rings. The van der Waals surface area contributed by atoms with Crippen molar-refractivity contribution in [2.24, 2.45) is 0 Å². The van der Waals surface area contributed by atoms with Crippen molar-refractivity contribution < 1.29 is 9.72 Å². The predicted octanol–water partition coefficient (Wildman–Crippen LogP) is 4.44. The van der Waals surface area contributed by atoms with Gasteiger partial charge in [-0.05, 0) is 25.1 Å². The van der Waals surface area contributed by atoms with E-state index < -0.39 is 4.92 Å². The van der Waals surface area contributed by atoms with E-state index in [1.807, 2.05) is 0 Å². The number of rotatable bonds is 3. The van der Waals surface area contributed by atoms with Crippen molar-refractivity contribution in [2.75, 3.05) is 0 Å². The molecule has 0 spiro atoms. The molecule has 0 bridgehead atoms. The number of nitro groups is 1. The van der Waals surface area contributed by atoms with Gasteiger partial charge in [0.25, 0.3) is 5.69 Å². The minimum absolute atomic E-state index is 0.0935. The molecular formula is C14H9Cl2NO3. The smallest absolute Gasteiger partial charge is 0.273 e. The van der Waals surface area contributed by atoms with Crippen molar-refractivity contribution in [2.45, 2.75) is 6.92 Å². The van der Waals surface area contributed by atoms with Crippen molar-refractivity contribution in [3.05, 3.63) is 73.2 Å². The molecule has 0 heterocycles. The molecular weight excluding hydrogens is 301 g/mol. The number of halogens is 2. The van der Waals surface area contributed by atoms with Crippen LogP contribution in [0.3, 0.4) is 0 Å². The molecule has 0 N–H and O–H groups in total. The zero-order valence-corrected chi connectivity index (χ0v) is 11.9. The second-order valence-corrected chi connectivity index (χ2v) is 5.07. The summed E-state index contributed by atoms with van der Waals surface area (Å²) in [7, 11) is 0. The molecule has 0 aliphatic carbocycles. The van der Waals surface area contributed by atoms with Gasteiger partial charge < -0.3 is 0 Å². The Morgan fingerprint density at radius 2 is 1.75 bits per heavy atom. The highest BCUT2D eigenvalue weighted by atomic mass is 35.5. The van der Waals surface area contributed by atoms with E-state index in [1.54, 1.807) is 6.07 Å². The highest BCUT2D eigenvalue weighted by Crippen LogP contribution is 2.26. The van der Waals surface area contributed by atoms with E-state index >= 15 is 0 Å². The van der Waals surface area contributed by atoms with E-state index in [9.17, 15) is 14.9 Å². The van der Waals surface area contributed by atoms with E-state index in [0.29, 0.717) is 21.2 Å². The lowest BCUT2D eigenvalue weighted by atomic mass is 9.98. The molecule has 6 heteroatoms. The van der Waals surface area contributed by atoms with Crippen molar-refractivity contribution in [1.29, 1.82) is 0 Å². The maximum Gasteiger partial charge on any atom is 0.273 e. The van der Waals surface area contributed by atoms with Crippen LogP contribution < -0.4 is 0 Å². The fraction of sp³-hybridized carbons (Fsp3) is 0.0714. The molecule has 0 aliphatic heterocycles. The van der Waals surface area contributed by atoms with Gasteiger partial charge in [0.2, 0.25) is 0 Å². The van der Waals surface area contributed by atoms with E-state index in [4.69, 9.17) is 23.2 Å². The Morgan fingerprint density at radius 1 is 1.15 bits per heavy atom. The Bertz CT molecular complexity index is 693. The third-order valence-electron chi connectivity index (χ3n) is 2.87. The summed E-state index contributed by atoms with van der Waals surface area (Å²) >= 11 is 11.7. The lowest BCUT2D eigenvalue weighted by Crippen LogP contribution is -2.05. The topological polar surface area (TPSA) is 60.2 Å². The molecule has 2 aromatic rings. The number of ketones is 1. The number of carbonyl (C=O) groups excluding carboxylic acids is 1. The van der Waals surface area contributed by atoms with Crippen LogP contribution in [0.2, 0.25) is 10.0 Å². The number of nitrogens with zero attached hydrogens (tertiary/aromatic N) is 1. The first-order chi connectivity index (χ1) is 9.40. The molecule has 4 nitrogen and oxygen atoms in total. The molecule has 20 heavy (non-hydrogen) atoms. The van der Waals surface area contributed by atoms with Gasteiger partial charge in [0.05, 0.1) is 4.92 Å². The van der Waals surface area contributed by atoms with Gasteiger partial charge in [-0.1, -0.05) is 35.3 Å². The summed E-state index contributed by atoms with van der Waals surface area (Å²) < 4.78 is 0. The maximum absolute atomic E-state index is 12.4. The number of benzene rings is 2. The van der Waals surface area contributed by atoms with Gasteiger partial charge in [0, 0.05) is 32.8 Å². The Morgan fingerprint density at radius 3 is 2.30 bits per heavy atom. The second kappa shape index (κ2) is 5.61. The fourth-order valence-electron chi connectivity index (χ4n) is 1.91. The molecule has 0 fully saturated rings. The molecule has 0 saturated carbocycles. The van der Waals surface area contributed by atoms with Crippen LogP contribution in [0.15, 0.2) is 36.4 Å². The van der Waals surface area contributed by atoms with Gasteiger partial charge >= 0.3 is 0 Å². The molecule has 0 radical (unpaired) electrons. The SMILES string of the molecule is Cc1c(C(=O)c2cc(Cl)cc(Cl)c2)cccc1[N+](=O)[O-]. The van der Waals surface area contributed by atoms with Crippen molar-refractivity contribution >= 4 is 34.7 Å². The maximum atomic E-state index is 12.4. The largest absolute Gasteiger partial charge is 0.289 e. The van der Waals surface area contributed by atoms with Gasteiger partial charge in [-0.15, -0.1) is 0 Å². The number of hydrogen-bond donors (Lipinski definition) is 0.